The first kappa shape index (κ1) is 24.0. The van der Waals surface area contributed by atoms with Crippen LogP contribution >= 0.6 is 0 Å². The van der Waals surface area contributed by atoms with Gasteiger partial charge in [-0.3, -0.25) is 4.79 Å². The molecule has 0 aromatic heterocycles. The maximum Gasteiger partial charge on any atom is 0.337 e. The number of carboxylic acids is 1. The van der Waals surface area contributed by atoms with Crippen LogP contribution in [0.5, 0.6) is 11.5 Å². The van der Waals surface area contributed by atoms with E-state index in [-0.39, 0.29) is 34.9 Å². The third-order valence-corrected chi connectivity index (χ3v) is 6.01. The second kappa shape index (κ2) is 9.27. The molecular weight excluding hydrogens is 450 g/mol. The van der Waals surface area contributed by atoms with Crippen LogP contribution in [-0.4, -0.2) is 39.9 Å². The third kappa shape index (κ3) is 4.26. The second-order valence-electron chi connectivity index (χ2n) is 8.90. The Morgan fingerprint density at radius 1 is 1.00 bits per heavy atom. The highest BCUT2D eigenvalue weighted by Gasteiger charge is 2.53. The topological polar surface area (TPSA) is 107 Å². The zero-order valence-corrected chi connectivity index (χ0v) is 19.7. The summed E-state index contributed by atoms with van der Waals surface area (Å²) in [6, 6.07) is 19.4. The lowest BCUT2D eigenvalue weighted by atomic mass is 9.93. The quantitative estimate of drug-likeness (QED) is 0.255. The van der Waals surface area contributed by atoms with Gasteiger partial charge in [0, 0.05) is 6.42 Å². The SMILES string of the molecule is COc1ccc(C2=[13C](c3ccc(O)cc3)[15N](c3ccccc3C(=O)O)C([18OH])(CC(C)C)C2=O)cc1. The zero-order chi connectivity index (χ0) is 25.3. The molecule has 1 aliphatic heterocycles. The van der Waals surface area contributed by atoms with Crippen LogP contribution in [0.15, 0.2) is 72.8 Å². The number of carboxylic acid groups (broad SMARTS) is 1. The first-order valence-electron chi connectivity index (χ1n) is 11.2. The highest BCUT2D eigenvalue weighted by atomic mass is 18.2. The van der Waals surface area contributed by atoms with E-state index in [1.165, 1.54) is 23.1 Å². The molecule has 7 heteroatoms. The highest BCUT2D eigenvalue weighted by Crippen LogP contribution is 2.49. The molecule has 0 spiro atoms. The molecule has 3 aromatic rings. The maximum absolute atomic E-state index is 14.1. The normalized spacial score (nSPS) is 17.9. The number of ether oxygens (including phenoxy) is 1. The minimum absolute atomic E-state index is 0.0413. The fraction of sp³-hybridized carbons (Fsp3) is 0.214. The minimum Gasteiger partial charge on any atom is -0.508 e. The molecule has 1 aliphatic rings. The fourth-order valence-electron chi connectivity index (χ4n) is 4.55. The maximum atomic E-state index is 14.1. The van der Waals surface area contributed by atoms with E-state index in [1.54, 1.807) is 61.7 Å². The molecule has 3 aromatic carbocycles. The summed E-state index contributed by atoms with van der Waals surface area (Å²) in [6.45, 7) is 3.77. The van der Waals surface area contributed by atoms with E-state index in [4.69, 9.17) is 4.74 Å². The Balaban J connectivity index is 2.08. The molecule has 0 amide bonds. The van der Waals surface area contributed by atoms with Crippen molar-refractivity contribution in [3.8, 4) is 11.5 Å². The number of aromatic carboxylic acids is 1. The summed E-state index contributed by atoms with van der Waals surface area (Å²) < 4.78 is 5.26. The molecule has 0 saturated carbocycles. The molecule has 0 fully saturated rings. The van der Waals surface area contributed by atoms with E-state index in [0.717, 1.165) is 0 Å². The number of carbonyl (C=O) groups excluding carboxylic acids is 1. The van der Waals surface area contributed by atoms with Gasteiger partial charge in [-0.1, -0.05) is 38.1 Å². The summed E-state index contributed by atoms with van der Waals surface area (Å²) in [4.78, 5) is 27.6. The molecule has 3 N–H and O–H groups in total. The van der Waals surface area contributed by atoms with Crippen LogP contribution in [0.4, 0.5) is 5.69 Å². The van der Waals surface area contributed by atoms with Crippen molar-refractivity contribution in [1.82, 2.24) is 0 Å². The Kier molecular flexibility index (Phi) is 6.37. The molecule has 35 heavy (non-hydrogen) atoms. The van der Waals surface area contributed by atoms with Crippen molar-refractivity contribution in [1.29, 1.82) is 0 Å². The first-order valence-corrected chi connectivity index (χ1v) is 11.2. The van der Waals surface area contributed by atoms with Gasteiger partial charge in [0.15, 0.2) is 0 Å². The summed E-state index contributed by atoms with van der Waals surface area (Å²) in [5, 5.41) is 31.8. The average molecular weight is 478 g/mol. The number of carbonyl (C=O) groups is 2. The number of hydrogen-bond acceptors (Lipinski definition) is 6. The van der Waals surface area contributed by atoms with Crippen LogP contribution in [0.3, 0.4) is 0 Å². The number of phenols is 1. The van der Waals surface area contributed by atoms with Crippen molar-refractivity contribution < 1.29 is 29.6 Å². The summed E-state index contributed by atoms with van der Waals surface area (Å²) in [6.07, 6.45) is 0.0705. The lowest BCUT2D eigenvalue weighted by Crippen LogP contribution is -2.51. The predicted octanol–water partition coefficient (Wildman–Crippen LogP) is 4.79. The number of nitrogens with zero attached hydrogens (tertiary/aromatic N) is 1. The lowest BCUT2D eigenvalue weighted by Gasteiger charge is -2.37. The van der Waals surface area contributed by atoms with Gasteiger partial charge >= 0.3 is 5.97 Å². The number of aliphatic hydroxyl groups is 1. The Hall–Kier alpha value is -4.10. The summed E-state index contributed by atoms with van der Waals surface area (Å²) in [5.74, 6) is -1.14. The van der Waals surface area contributed by atoms with Gasteiger partial charge in [0.05, 0.1) is 29.6 Å². The number of benzene rings is 3. The number of rotatable bonds is 7. The monoisotopic (exact) mass is 477 g/mol. The van der Waals surface area contributed by atoms with Crippen molar-refractivity contribution in [3.63, 3.8) is 0 Å². The number of Topliss-reactive ketones (excluding diaryl/α,β-unsaturated/α-hetero) is 1. The van der Waals surface area contributed by atoms with Gasteiger partial charge in [0.25, 0.3) is 0 Å². The average Bonchev–Trinajstić information content (AvgIpc) is 3.05. The smallest absolute Gasteiger partial charge is 0.337 e. The summed E-state index contributed by atoms with van der Waals surface area (Å²) >= 11 is 0. The van der Waals surface area contributed by atoms with E-state index in [1.807, 2.05) is 13.8 Å². The van der Waals surface area contributed by atoms with Crippen molar-refractivity contribution >= 4 is 28.7 Å². The minimum atomic E-state index is -2.03. The van der Waals surface area contributed by atoms with E-state index in [0.29, 0.717) is 22.6 Å². The van der Waals surface area contributed by atoms with Crippen molar-refractivity contribution in [2.24, 2.45) is 5.92 Å². The van der Waals surface area contributed by atoms with Gasteiger partial charge in [-0.05, 0) is 65.6 Å². The van der Waals surface area contributed by atoms with Crippen LogP contribution < -0.4 is 9.64 Å². The molecule has 1 atom stereocenters. The van der Waals surface area contributed by atoms with E-state index in [9.17, 15) is 24.9 Å². The zero-order valence-electron chi connectivity index (χ0n) is 19.7. The number of para-hydroxylation sites is 1. The van der Waals surface area contributed by atoms with E-state index in [2.05, 4.69) is 0 Å². The Bertz CT molecular complexity index is 1290. The van der Waals surface area contributed by atoms with E-state index >= 15 is 0 Å². The Morgan fingerprint density at radius 2 is 1.60 bits per heavy atom. The molecule has 4 rings (SSSR count). The number of hydrogen-bond donors (Lipinski definition) is 3. The fourth-order valence-corrected chi connectivity index (χ4v) is 4.55. The molecule has 1 unspecified atom stereocenters. The van der Waals surface area contributed by atoms with Crippen molar-refractivity contribution in [3.05, 3.63) is 89.5 Å². The number of methoxy groups -OCH3 is 1. The van der Waals surface area contributed by atoms with Gasteiger partial charge in [-0.15, -0.1) is 0 Å². The Labute approximate surface area is 203 Å². The summed E-state index contributed by atoms with van der Waals surface area (Å²) in [5.41, 5.74) is -0.169. The molecule has 0 bridgehead atoms. The molecule has 1 heterocycles. The first-order chi connectivity index (χ1) is 16.7. The second-order valence-corrected chi connectivity index (χ2v) is 8.90. The van der Waals surface area contributed by atoms with Gasteiger partial charge in [0.1, 0.15) is 11.5 Å². The van der Waals surface area contributed by atoms with Crippen LogP contribution in [0.1, 0.15) is 41.8 Å². The van der Waals surface area contributed by atoms with Gasteiger partial charge < -0.3 is 25.0 Å². The molecule has 0 radical (unpaired) electrons. The summed E-state index contributed by atoms with van der Waals surface area (Å²) in [7, 11) is 1.54. The Morgan fingerprint density at radius 3 is 2.17 bits per heavy atom. The van der Waals surface area contributed by atoms with Crippen LogP contribution in [0, 0.1) is 5.92 Å². The lowest BCUT2D eigenvalue weighted by molar-refractivity contribution is -0.130. The van der Waals surface area contributed by atoms with E-state index < -0.39 is 17.5 Å². The van der Waals surface area contributed by atoms with Crippen LogP contribution in [0.25, 0.3) is 11.3 Å². The number of aromatic hydroxyl groups is 1. The molecule has 180 valence electrons. The van der Waals surface area contributed by atoms with Gasteiger partial charge in [0.2, 0.25) is 11.5 Å². The number of ketones is 1. The van der Waals surface area contributed by atoms with Crippen LogP contribution in [-0.2, 0) is 4.79 Å². The molecule has 7 nitrogen and oxygen atoms in total. The standard InChI is InChI=1S/C28H27NO6/c1-17(2)16-28(34)26(31)24(18-10-14-21(35-3)15-11-18)25(19-8-12-20(30)13-9-19)29(28)23-7-5-4-6-22(23)27(32)33/h4-15,17,30,34H,16H2,1-3H3,(H,32,33)/i25+1,29+1,34+2. The van der Waals surface area contributed by atoms with Crippen LogP contribution in [0.2, 0.25) is 0 Å². The number of anilines is 1. The van der Waals surface area contributed by atoms with Gasteiger partial charge in [-0.2, -0.15) is 0 Å². The van der Waals surface area contributed by atoms with Gasteiger partial charge in [-0.25, -0.2) is 4.79 Å². The predicted molar refractivity (Wildman–Crippen MR) is 133 cm³/mol. The van der Waals surface area contributed by atoms with Crippen molar-refractivity contribution in [2.75, 3.05) is 12.0 Å². The third-order valence-electron chi connectivity index (χ3n) is 6.01. The number of phenolic OH excluding ortho intramolecular Hbond substituents is 1. The largest absolute Gasteiger partial charge is 0.508 e. The highest BCUT2D eigenvalue weighted by molar-refractivity contribution is 6.37. The van der Waals surface area contributed by atoms with Crippen molar-refractivity contribution in [2.45, 2.75) is 26.0 Å². The molecular formula is C28H27NO6. The molecule has 0 saturated heterocycles. The molecule has 0 aliphatic carbocycles.